The summed E-state index contributed by atoms with van der Waals surface area (Å²) in [7, 11) is 0. The minimum atomic E-state index is 0.0857. The number of fused-ring (bicyclic) bond motifs is 8. The standard InChI is InChI=1S/C28H34N6O/c1-27-11-9-19-17(5-8-22-28(19,2)12-10-24-29-14-15-34(22)24)18(27)6-7-20(27)26(35)31-16-23-32-21-4-3-13-30-25(21)33-23/h3-4,10,12-15,17-20,22H,5-9,11,16H2,1-2H3,(H,31,35)(H,30,32,33)/t17-,18-,19-,20+,22?,27-,28+/m0/s1. The summed E-state index contributed by atoms with van der Waals surface area (Å²) in [5.74, 6) is 4.16. The van der Waals surface area contributed by atoms with E-state index in [9.17, 15) is 4.79 Å². The van der Waals surface area contributed by atoms with Crippen LogP contribution in [0.5, 0.6) is 0 Å². The maximum Gasteiger partial charge on any atom is 0.224 e. The summed E-state index contributed by atoms with van der Waals surface area (Å²) in [6, 6.07) is 4.37. The number of aromatic nitrogens is 5. The highest BCUT2D eigenvalue weighted by Gasteiger charge is 2.61. The van der Waals surface area contributed by atoms with Crippen LogP contribution in [-0.2, 0) is 11.3 Å². The molecule has 3 fully saturated rings. The molecule has 1 amide bonds. The summed E-state index contributed by atoms with van der Waals surface area (Å²) in [6.07, 6.45) is 17.5. The summed E-state index contributed by atoms with van der Waals surface area (Å²) < 4.78 is 2.42. The van der Waals surface area contributed by atoms with Crippen LogP contribution in [-0.4, -0.2) is 30.4 Å². The van der Waals surface area contributed by atoms with Gasteiger partial charge in [0.25, 0.3) is 0 Å². The van der Waals surface area contributed by atoms with Gasteiger partial charge in [-0.05, 0) is 79.9 Å². The number of hydrogen-bond acceptors (Lipinski definition) is 4. The number of pyridine rings is 1. The van der Waals surface area contributed by atoms with Gasteiger partial charge in [0, 0.05) is 36.0 Å². The lowest BCUT2D eigenvalue weighted by Gasteiger charge is -2.59. The number of H-pyrrole nitrogens is 1. The molecule has 2 N–H and O–H groups in total. The Morgan fingerprint density at radius 2 is 2.06 bits per heavy atom. The number of aromatic amines is 1. The second-order valence-electron chi connectivity index (χ2n) is 11.8. The molecule has 7 nitrogen and oxygen atoms in total. The zero-order valence-corrected chi connectivity index (χ0v) is 20.6. The molecule has 3 saturated carbocycles. The lowest BCUT2D eigenvalue weighted by molar-refractivity contribution is -0.133. The summed E-state index contributed by atoms with van der Waals surface area (Å²) in [6.45, 7) is 5.32. The third-order valence-corrected chi connectivity index (χ3v) is 10.4. The Balaban J connectivity index is 1.08. The van der Waals surface area contributed by atoms with E-state index in [0.717, 1.165) is 30.0 Å². The second-order valence-corrected chi connectivity index (χ2v) is 11.8. The van der Waals surface area contributed by atoms with Crippen molar-refractivity contribution in [2.24, 2.45) is 34.5 Å². The summed E-state index contributed by atoms with van der Waals surface area (Å²) in [5.41, 5.74) is 1.87. The van der Waals surface area contributed by atoms with Crippen molar-refractivity contribution < 1.29 is 4.79 Å². The van der Waals surface area contributed by atoms with E-state index in [1.807, 2.05) is 18.3 Å². The fourth-order valence-corrected chi connectivity index (χ4v) is 8.72. The highest BCUT2D eigenvalue weighted by Crippen LogP contribution is 2.67. The van der Waals surface area contributed by atoms with Crippen LogP contribution in [0.15, 0.2) is 36.8 Å². The average Bonchev–Trinajstić information content (AvgIpc) is 3.58. The molecule has 1 unspecified atom stereocenters. The number of imidazole rings is 2. The highest BCUT2D eigenvalue weighted by atomic mass is 16.1. The first kappa shape index (κ1) is 21.3. The summed E-state index contributed by atoms with van der Waals surface area (Å²) in [4.78, 5) is 30.1. The molecule has 0 radical (unpaired) electrons. The fourth-order valence-electron chi connectivity index (χ4n) is 8.72. The van der Waals surface area contributed by atoms with Gasteiger partial charge < -0.3 is 14.9 Å². The number of nitrogens with one attached hydrogen (secondary N) is 2. The molecule has 4 aliphatic rings. The van der Waals surface area contributed by atoms with Gasteiger partial charge in [0.15, 0.2) is 5.65 Å². The quantitative estimate of drug-likeness (QED) is 0.570. The molecule has 3 aromatic heterocycles. The summed E-state index contributed by atoms with van der Waals surface area (Å²) >= 11 is 0. The normalized spacial score (nSPS) is 37.4. The molecule has 7 rings (SSSR count). The second kappa shape index (κ2) is 7.52. The SMILES string of the molecule is C[C@]12CC[C@H]3[C@@H](CCC4n5ccnc5C=C[C@@]43C)[C@@H]1CC[C@@H]2C(=O)NCc1nc2ncccc2[nH]1. The first-order valence-corrected chi connectivity index (χ1v) is 13.3. The molecule has 3 aliphatic carbocycles. The zero-order chi connectivity index (χ0) is 23.8. The number of carbonyl (C=O) groups is 1. The van der Waals surface area contributed by atoms with Gasteiger partial charge in [-0.1, -0.05) is 19.9 Å². The molecule has 0 spiro atoms. The van der Waals surface area contributed by atoms with Crippen molar-refractivity contribution in [2.75, 3.05) is 0 Å². The van der Waals surface area contributed by atoms with E-state index in [0.29, 0.717) is 36.0 Å². The van der Waals surface area contributed by atoms with Crippen LogP contribution in [0.3, 0.4) is 0 Å². The highest BCUT2D eigenvalue weighted by molar-refractivity contribution is 5.80. The van der Waals surface area contributed by atoms with Crippen LogP contribution < -0.4 is 5.32 Å². The molecule has 182 valence electrons. The number of rotatable bonds is 3. The van der Waals surface area contributed by atoms with E-state index in [1.54, 1.807) is 6.20 Å². The van der Waals surface area contributed by atoms with E-state index in [4.69, 9.17) is 0 Å². The third kappa shape index (κ3) is 3.02. The van der Waals surface area contributed by atoms with E-state index in [2.05, 4.69) is 62.0 Å². The van der Waals surface area contributed by atoms with Gasteiger partial charge in [-0.2, -0.15) is 0 Å². The maximum absolute atomic E-state index is 13.5. The maximum atomic E-state index is 13.5. The molecule has 0 saturated heterocycles. The minimum Gasteiger partial charge on any atom is -0.349 e. The molecular weight excluding hydrogens is 436 g/mol. The number of amides is 1. The Morgan fingerprint density at radius 3 is 2.94 bits per heavy atom. The summed E-state index contributed by atoms with van der Waals surface area (Å²) in [5, 5.41) is 3.21. The van der Waals surface area contributed by atoms with Gasteiger partial charge in [0.05, 0.1) is 12.1 Å². The smallest absolute Gasteiger partial charge is 0.224 e. The molecule has 4 heterocycles. The molecule has 7 heteroatoms. The zero-order valence-electron chi connectivity index (χ0n) is 20.6. The lowest BCUT2D eigenvalue weighted by Crippen LogP contribution is -2.53. The van der Waals surface area contributed by atoms with Gasteiger partial charge in [-0.15, -0.1) is 0 Å². The van der Waals surface area contributed by atoms with Gasteiger partial charge >= 0.3 is 0 Å². The molecule has 3 aromatic rings. The monoisotopic (exact) mass is 470 g/mol. The Labute approximate surface area is 205 Å². The molecule has 0 aromatic carbocycles. The average molecular weight is 471 g/mol. The van der Waals surface area contributed by atoms with Gasteiger partial charge in [-0.3, -0.25) is 4.79 Å². The van der Waals surface area contributed by atoms with Crippen molar-refractivity contribution in [1.29, 1.82) is 0 Å². The molecule has 1 aliphatic heterocycles. The van der Waals surface area contributed by atoms with Crippen molar-refractivity contribution in [3.63, 3.8) is 0 Å². The third-order valence-electron chi connectivity index (χ3n) is 10.4. The van der Waals surface area contributed by atoms with Crippen LogP contribution >= 0.6 is 0 Å². The molecule has 35 heavy (non-hydrogen) atoms. The number of nitrogens with zero attached hydrogens (tertiary/aromatic N) is 4. The topological polar surface area (TPSA) is 88.5 Å². The van der Waals surface area contributed by atoms with Crippen LogP contribution in [0.2, 0.25) is 0 Å². The van der Waals surface area contributed by atoms with Crippen molar-refractivity contribution in [3.8, 4) is 0 Å². The predicted octanol–water partition coefficient (Wildman–Crippen LogP) is 4.90. The van der Waals surface area contributed by atoms with Crippen LogP contribution in [0.4, 0.5) is 0 Å². The van der Waals surface area contributed by atoms with Crippen molar-refractivity contribution in [1.82, 2.24) is 29.8 Å². The van der Waals surface area contributed by atoms with E-state index >= 15 is 0 Å². The molecule has 0 bridgehead atoms. The Hall–Kier alpha value is -2.96. The molecular formula is C28H34N6O. The number of carbonyl (C=O) groups excluding carboxylic acids is 1. The first-order valence-electron chi connectivity index (χ1n) is 13.3. The van der Waals surface area contributed by atoms with Crippen LogP contribution in [0, 0.1) is 34.5 Å². The number of allylic oxidation sites excluding steroid dienone is 1. The fraction of sp³-hybridized carbons (Fsp3) is 0.571. The Kier molecular flexibility index (Phi) is 4.58. The van der Waals surface area contributed by atoms with Gasteiger partial charge in [0.2, 0.25) is 5.91 Å². The Morgan fingerprint density at radius 1 is 1.14 bits per heavy atom. The predicted molar refractivity (Wildman–Crippen MR) is 134 cm³/mol. The Bertz CT molecular complexity index is 1290. The largest absolute Gasteiger partial charge is 0.349 e. The molecule has 7 atom stereocenters. The van der Waals surface area contributed by atoms with Gasteiger partial charge in [0.1, 0.15) is 11.6 Å². The van der Waals surface area contributed by atoms with Crippen molar-refractivity contribution >= 4 is 23.1 Å². The lowest BCUT2D eigenvalue weighted by atomic mass is 9.48. The first-order chi connectivity index (χ1) is 17.0. The van der Waals surface area contributed by atoms with Crippen molar-refractivity contribution in [2.45, 2.75) is 65.0 Å². The van der Waals surface area contributed by atoms with Crippen molar-refractivity contribution in [3.05, 3.63) is 48.4 Å². The van der Waals surface area contributed by atoms with Gasteiger partial charge in [-0.25, -0.2) is 15.0 Å². The number of hydrogen-bond donors (Lipinski definition) is 2. The van der Waals surface area contributed by atoms with E-state index in [-0.39, 0.29) is 22.7 Å². The van der Waals surface area contributed by atoms with E-state index < -0.39 is 0 Å². The van der Waals surface area contributed by atoms with Crippen LogP contribution in [0.25, 0.3) is 17.2 Å². The van der Waals surface area contributed by atoms with E-state index in [1.165, 1.54) is 25.7 Å². The van der Waals surface area contributed by atoms with Crippen LogP contribution in [0.1, 0.15) is 70.1 Å². The minimum absolute atomic E-state index is 0.0857.